The molecule has 1 aliphatic heterocycles. The van der Waals surface area contributed by atoms with Gasteiger partial charge in [-0.15, -0.1) is 0 Å². The van der Waals surface area contributed by atoms with Gasteiger partial charge in [0.15, 0.2) is 6.29 Å². The van der Waals surface area contributed by atoms with E-state index in [1.54, 1.807) is 6.92 Å². The van der Waals surface area contributed by atoms with Crippen molar-refractivity contribution in [2.45, 2.75) is 44.1 Å². The topological polar surface area (TPSA) is 90.2 Å². The van der Waals surface area contributed by atoms with Crippen LogP contribution in [0.15, 0.2) is 0 Å². The van der Waals surface area contributed by atoms with Gasteiger partial charge in [0.25, 0.3) is 0 Å². The van der Waals surface area contributed by atoms with E-state index in [0.29, 0.717) is 6.42 Å². The number of ether oxygens (including phenoxy) is 1. The lowest BCUT2D eigenvalue weighted by molar-refractivity contribution is -0.281. The van der Waals surface area contributed by atoms with Gasteiger partial charge in [0, 0.05) is 0 Å². The predicted octanol–water partition coefficient (Wildman–Crippen LogP) is -1.80. The molecule has 0 aliphatic carbocycles. The van der Waals surface area contributed by atoms with Gasteiger partial charge < -0.3 is 25.2 Å². The molecule has 5 atom stereocenters. The van der Waals surface area contributed by atoms with Crippen molar-refractivity contribution in [3.63, 3.8) is 0 Å². The fraction of sp³-hybridized carbons (Fsp3) is 1.00. The van der Waals surface area contributed by atoms with Gasteiger partial charge in [-0.3, -0.25) is 0 Å². The van der Waals surface area contributed by atoms with E-state index in [2.05, 4.69) is 0 Å². The summed E-state index contributed by atoms with van der Waals surface area (Å²) in [6, 6.07) is 0. The normalized spacial score (nSPS) is 49.2. The second-order valence-corrected chi connectivity index (χ2v) is 2.95. The van der Waals surface area contributed by atoms with Crippen molar-refractivity contribution >= 4 is 0 Å². The Balaban J connectivity index is 2.63. The summed E-state index contributed by atoms with van der Waals surface area (Å²) in [6.45, 7) is 1.75. The molecule has 0 bridgehead atoms. The number of hydrogen-bond acceptors (Lipinski definition) is 5. The lowest BCUT2D eigenvalue weighted by Gasteiger charge is -2.37. The molecule has 0 aromatic rings. The summed E-state index contributed by atoms with van der Waals surface area (Å²) in [7, 11) is 0. The van der Waals surface area contributed by atoms with Crippen LogP contribution in [0.25, 0.3) is 0 Å². The van der Waals surface area contributed by atoms with Crippen LogP contribution in [0.5, 0.6) is 0 Å². The van der Waals surface area contributed by atoms with Gasteiger partial charge in [0.05, 0.1) is 6.10 Å². The Morgan fingerprint density at radius 3 is 2.08 bits per heavy atom. The van der Waals surface area contributed by atoms with Gasteiger partial charge in [0.2, 0.25) is 0 Å². The Morgan fingerprint density at radius 2 is 1.58 bits per heavy atom. The zero-order valence-electron chi connectivity index (χ0n) is 6.79. The second kappa shape index (κ2) is 3.68. The summed E-state index contributed by atoms with van der Waals surface area (Å²) in [5.41, 5.74) is 0. The summed E-state index contributed by atoms with van der Waals surface area (Å²) in [6.07, 6.45) is -5.44. The summed E-state index contributed by atoms with van der Waals surface area (Å²) < 4.78 is 4.83. The number of aliphatic hydroxyl groups is 4. The van der Waals surface area contributed by atoms with E-state index < -0.39 is 30.7 Å². The van der Waals surface area contributed by atoms with Gasteiger partial charge in [-0.1, -0.05) is 6.92 Å². The van der Waals surface area contributed by atoms with Crippen LogP contribution in [0.1, 0.15) is 13.3 Å². The van der Waals surface area contributed by atoms with Gasteiger partial charge in [-0.05, 0) is 6.42 Å². The van der Waals surface area contributed by atoms with E-state index in [0.717, 1.165) is 0 Å². The Bertz CT molecular complexity index is 146. The van der Waals surface area contributed by atoms with Crippen molar-refractivity contribution in [2.24, 2.45) is 0 Å². The van der Waals surface area contributed by atoms with Crippen molar-refractivity contribution in [3.8, 4) is 0 Å². The van der Waals surface area contributed by atoms with E-state index in [9.17, 15) is 10.2 Å². The molecule has 0 aromatic carbocycles. The van der Waals surface area contributed by atoms with Gasteiger partial charge in [0.1, 0.15) is 18.3 Å². The first-order valence-corrected chi connectivity index (χ1v) is 3.95. The van der Waals surface area contributed by atoms with Crippen LogP contribution in [0, 0.1) is 0 Å². The molecular formula is C7H14O5. The maximum Gasteiger partial charge on any atom is 0.183 e. The molecule has 12 heavy (non-hydrogen) atoms. The predicted molar refractivity (Wildman–Crippen MR) is 39.2 cm³/mol. The molecule has 5 heteroatoms. The van der Waals surface area contributed by atoms with E-state index in [4.69, 9.17) is 14.9 Å². The highest BCUT2D eigenvalue weighted by Gasteiger charge is 2.41. The first-order chi connectivity index (χ1) is 5.57. The summed E-state index contributed by atoms with van der Waals surface area (Å²) >= 11 is 0. The quantitative estimate of drug-likeness (QED) is 0.380. The largest absolute Gasteiger partial charge is 0.388 e. The Hall–Kier alpha value is -0.200. The summed E-state index contributed by atoms with van der Waals surface area (Å²) in [4.78, 5) is 0. The standard InChI is InChI=1S/C7H14O5/c1-2-3-4(8)5(9)6(10)7(11)12-3/h3-11H,2H2,1H3/t3-,4-,5+,6-,7+/m1/s1. The van der Waals surface area contributed by atoms with Crippen LogP contribution in [0.3, 0.4) is 0 Å². The number of rotatable bonds is 1. The third-order valence-electron chi connectivity index (χ3n) is 2.09. The van der Waals surface area contributed by atoms with Crippen LogP contribution in [0.2, 0.25) is 0 Å². The van der Waals surface area contributed by atoms with Crippen molar-refractivity contribution in [1.82, 2.24) is 0 Å². The van der Waals surface area contributed by atoms with Crippen molar-refractivity contribution in [2.75, 3.05) is 0 Å². The number of hydrogen-bond donors (Lipinski definition) is 4. The lowest BCUT2D eigenvalue weighted by Crippen LogP contribution is -2.57. The molecule has 5 nitrogen and oxygen atoms in total. The van der Waals surface area contributed by atoms with Gasteiger partial charge >= 0.3 is 0 Å². The van der Waals surface area contributed by atoms with Crippen molar-refractivity contribution < 1.29 is 25.2 Å². The van der Waals surface area contributed by atoms with Crippen LogP contribution < -0.4 is 0 Å². The molecule has 1 fully saturated rings. The molecule has 1 aliphatic rings. The Labute approximate surface area is 70.2 Å². The van der Waals surface area contributed by atoms with Gasteiger partial charge in [-0.2, -0.15) is 0 Å². The highest BCUT2D eigenvalue weighted by molar-refractivity contribution is 4.87. The summed E-state index contributed by atoms with van der Waals surface area (Å²) in [5, 5.41) is 36.5. The zero-order valence-corrected chi connectivity index (χ0v) is 6.79. The monoisotopic (exact) mass is 178 g/mol. The third kappa shape index (κ3) is 1.60. The lowest BCUT2D eigenvalue weighted by atomic mass is 9.97. The Kier molecular flexibility index (Phi) is 3.03. The van der Waals surface area contributed by atoms with Crippen molar-refractivity contribution in [1.29, 1.82) is 0 Å². The van der Waals surface area contributed by atoms with Crippen LogP contribution in [-0.4, -0.2) is 51.1 Å². The highest BCUT2D eigenvalue weighted by Crippen LogP contribution is 2.21. The molecule has 4 N–H and O–H groups in total. The minimum absolute atomic E-state index is 0.474. The van der Waals surface area contributed by atoms with Crippen molar-refractivity contribution in [3.05, 3.63) is 0 Å². The van der Waals surface area contributed by atoms with Crippen LogP contribution >= 0.6 is 0 Å². The molecule has 72 valence electrons. The molecule has 0 aromatic heterocycles. The molecule has 0 unspecified atom stereocenters. The molecule has 1 rings (SSSR count). The van der Waals surface area contributed by atoms with Crippen LogP contribution in [0.4, 0.5) is 0 Å². The van der Waals surface area contributed by atoms with E-state index in [1.807, 2.05) is 0 Å². The summed E-state index contributed by atoms with van der Waals surface area (Å²) in [5.74, 6) is 0. The smallest absolute Gasteiger partial charge is 0.183 e. The molecule has 0 radical (unpaired) electrons. The molecule has 0 amide bonds. The second-order valence-electron chi connectivity index (χ2n) is 2.95. The SMILES string of the molecule is CC[C@H]1O[C@H](O)[C@H](O)[C@@H](O)[C@@H]1O. The zero-order chi connectivity index (χ0) is 9.30. The maximum atomic E-state index is 9.28. The number of aliphatic hydroxyl groups excluding tert-OH is 4. The van der Waals surface area contributed by atoms with Gasteiger partial charge in [-0.25, -0.2) is 0 Å². The average Bonchev–Trinajstić information content (AvgIpc) is 2.08. The Morgan fingerprint density at radius 1 is 1.00 bits per heavy atom. The molecule has 1 heterocycles. The highest BCUT2D eigenvalue weighted by atomic mass is 16.6. The van der Waals surface area contributed by atoms with E-state index >= 15 is 0 Å². The minimum Gasteiger partial charge on any atom is -0.388 e. The molecule has 0 spiro atoms. The fourth-order valence-corrected chi connectivity index (χ4v) is 1.27. The first kappa shape index (κ1) is 9.88. The van der Waals surface area contributed by atoms with E-state index in [1.165, 1.54) is 0 Å². The van der Waals surface area contributed by atoms with Crippen LogP contribution in [-0.2, 0) is 4.74 Å². The molecular weight excluding hydrogens is 164 g/mol. The first-order valence-electron chi connectivity index (χ1n) is 3.95. The maximum absolute atomic E-state index is 9.28. The molecule has 1 saturated heterocycles. The average molecular weight is 178 g/mol. The molecule has 0 saturated carbocycles. The minimum atomic E-state index is -1.43. The van der Waals surface area contributed by atoms with E-state index in [-0.39, 0.29) is 0 Å². The third-order valence-corrected chi connectivity index (χ3v) is 2.09. The fourth-order valence-electron chi connectivity index (χ4n) is 1.27.